The minimum absolute atomic E-state index is 0.233. The molecule has 112 valence electrons. The molecule has 1 rings (SSSR count). The smallest absolute Gasteiger partial charge is 0.338 e. The van der Waals surface area contributed by atoms with Gasteiger partial charge in [0.15, 0.2) is 0 Å². The first-order valence-corrected chi connectivity index (χ1v) is 6.81. The van der Waals surface area contributed by atoms with Gasteiger partial charge in [0.1, 0.15) is 0 Å². The van der Waals surface area contributed by atoms with Gasteiger partial charge in [-0.25, -0.2) is 4.79 Å². The van der Waals surface area contributed by atoms with E-state index in [4.69, 9.17) is 10.3 Å². The lowest BCUT2D eigenvalue weighted by Crippen LogP contribution is -2.25. The van der Waals surface area contributed by atoms with Gasteiger partial charge in [-0.2, -0.15) is 0 Å². The van der Waals surface area contributed by atoms with Crippen LogP contribution in [-0.4, -0.2) is 18.6 Å². The Labute approximate surface area is 125 Å². The van der Waals surface area contributed by atoms with E-state index in [1.54, 1.807) is 31.2 Å². The second-order valence-electron chi connectivity index (χ2n) is 5.80. The lowest BCUT2D eigenvalue weighted by molar-refractivity contribution is 0.0526. The number of rotatable bonds is 5. The molecular weight excluding hydrogens is 266 g/mol. The fourth-order valence-electron chi connectivity index (χ4n) is 2.01. The predicted octanol–water partition coefficient (Wildman–Crippen LogP) is 4.60. The van der Waals surface area contributed by atoms with Crippen molar-refractivity contribution in [3.8, 4) is 0 Å². The summed E-state index contributed by atoms with van der Waals surface area (Å²) in [6.07, 6.45) is 0. The van der Waals surface area contributed by atoms with Crippen molar-refractivity contribution in [2.45, 2.75) is 33.7 Å². The lowest BCUT2D eigenvalue weighted by atomic mass is 9.81. The van der Waals surface area contributed by atoms with Crippen molar-refractivity contribution in [1.82, 2.24) is 0 Å². The van der Waals surface area contributed by atoms with Crippen LogP contribution in [-0.2, 0) is 4.74 Å². The first-order chi connectivity index (χ1) is 9.81. The van der Waals surface area contributed by atoms with Crippen molar-refractivity contribution < 1.29 is 9.53 Å². The number of hydrogen-bond donors (Lipinski definition) is 0. The Morgan fingerprint density at radius 3 is 2.29 bits per heavy atom. The summed E-state index contributed by atoms with van der Waals surface area (Å²) in [7, 11) is 0. The normalized spacial score (nSPS) is 12.2. The maximum absolute atomic E-state index is 11.6. The van der Waals surface area contributed by atoms with Crippen LogP contribution in [0.1, 0.15) is 43.6 Å². The SMILES string of the molecule is C=C(c1ccc(C(=O)OCC)cc1)C(N=[N+]=[N-])C(C)(C)C. The number of carbonyl (C=O) groups is 1. The molecule has 0 aromatic heterocycles. The maximum Gasteiger partial charge on any atom is 0.338 e. The van der Waals surface area contributed by atoms with Crippen molar-refractivity contribution in [3.05, 3.63) is 52.4 Å². The highest BCUT2D eigenvalue weighted by atomic mass is 16.5. The van der Waals surface area contributed by atoms with Gasteiger partial charge in [-0.15, -0.1) is 0 Å². The van der Waals surface area contributed by atoms with Crippen LogP contribution in [0.3, 0.4) is 0 Å². The molecule has 0 bridgehead atoms. The molecule has 5 heteroatoms. The zero-order valence-corrected chi connectivity index (χ0v) is 13.0. The van der Waals surface area contributed by atoms with E-state index in [9.17, 15) is 4.79 Å². The van der Waals surface area contributed by atoms with E-state index in [0.29, 0.717) is 12.2 Å². The van der Waals surface area contributed by atoms with Crippen molar-refractivity contribution in [2.75, 3.05) is 6.61 Å². The second kappa shape index (κ2) is 6.95. The van der Waals surface area contributed by atoms with Gasteiger partial charge in [0.2, 0.25) is 0 Å². The third-order valence-corrected chi connectivity index (χ3v) is 3.08. The highest BCUT2D eigenvalue weighted by Gasteiger charge is 2.26. The first kappa shape index (κ1) is 16.8. The Balaban J connectivity index is 3.02. The van der Waals surface area contributed by atoms with Crippen molar-refractivity contribution >= 4 is 11.5 Å². The van der Waals surface area contributed by atoms with Crippen LogP contribution in [0.5, 0.6) is 0 Å². The van der Waals surface area contributed by atoms with Crippen LogP contribution >= 0.6 is 0 Å². The molecule has 21 heavy (non-hydrogen) atoms. The average molecular weight is 287 g/mol. The van der Waals surface area contributed by atoms with E-state index in [0.717, 1.165) is 11.1 Å². The van der Waals surface area contributed by atoms with E-state index >= 15 is 0 Å². The molecule has 5 nitrogen and oxygen atoms in total. The number of azide groups is 1. The lowest BCUT2D eigenvalue weighted by Gasteiger charge is -2.28. The summed E-state index contributed by atoms with van der Waals surface area (Å²) in [4.78, 5) is 14.5. The first-order valence-electron chi connectivity index (χ1n) is 6.81. The summed E-state index contributed by atoms with van der Waals surface area (Å²) < 4.78 is 4.94. The van der Waals surface area contributed by atoms with Crippen LogP contribution in [0.25, 0.3) is 16.0 Å². The van der Waals surface area contributed by atoms with Crippen molar-refractivity contribution in [2.24, 2.45) is 10.5 Å². The fourth-order valence-corrected chi connectivity index (χ4v) is 2.01. The maximum atomic E-state index is 11.6. The third kappa shape index (κ3) is 4.36. The number of carbonyl (C=O) groups excluding carboxylic acids is 1. The van der Waals surface area contributed by atoms with Crippen LogP contribution in [0, 0.1) is 5.41 Å². The highest BCUT2D eigenvalue weighted by Crippen LogP contribution is 2.33. The van der Waals surface area contributed by atoms with Crippen LogP contribution in [0.4, 0.5) is 0 Å². The number of ether oxygens (including phenoxy) is 1. The minimum Gasteiger partial charge on any atom is -0.462 e. The number of benzene rings is 1. The van der Waals surface area contributed by atoms with Gasteiger partial charge < -0.3 is 4.74 Å². The summed E-state index contributed by atoms with van der Waals surface area (Å²) in [5.74, 6) is -0.350. The van der Waals surface area contributed by atoms with Crippen LogP contribution < -0.4 is 0 Å². The number of esters is 1. The Morgan fingerprint density at radius 1 is 1.33 bits per heavy atom. The molecule has 0 amide bonds. The molecule has 0 saturated carbocycles. The van der Waals surface area contributed by atoms with Gasteiger partial charge in [-0.05, 0) is 41.1 Å². The van der Waals surface area contributed by atoms with E-state index in [-0.39, 0.29) is 17.4 Å². The van der Waals surface area contributed by atoms with Gasteiger partial charge in [-0.1, -0.05) is 44.6 Å². The molecule has 0 saturated heterocycles. The molecule has 1 unspecified atom stereocenters. The molecule has 0 N–H and O–H groups in total. The van der Waals surface area contributed by atoms with Crippen LogP contribution in [0.15, 0.2) is 36.0 Å². The predicted molar refractivity (Wildman–Crippen MR) is 83.8 cm³/mol. The minimum atomic E-state index is -0.351. The zero-order chi connectivity index (χ0) is 16.0. The zero-order valence-electron chi connectivity index (χ0n) is 13.0. The van der Waals surface area contributed by atoms with Gasteiger partial charge in [0.25, 0.3) is 0 Å². The Bertz CT molecular complexity index is 564. The van der Waals surface area contributed by atoms with Crippen LogP contribution in [0.2, 0.25) is 0 Å². The van der Waals surface area contributed by atoms with E-state index < -0.39 is 0 Å². The summed E-state index contributed by atoms with van der Waals surface area (Å²) in [5, 5.41) is 3.85. The molecule has 0 fully saturated rings. The molecule has 0 spiro atoms. The molecule has 0 aliphatic heterocycles. The number of hydrogen-bond acceptors (Lipinski definition) is 3. The van der Waals surface area contributed by atoms with Gasteiger partial charge in [0, 0.05) is 4.91 Å². The Kier molecular flexibility index (Phi) is 5.56. The monoisotopic (exact) mass is 287 g/mol. The largest absolute Gasteiger partial charge is 0.462 e. The molecule has 0 aliphatic rings. The van der Waals surface area contributed by atoms with Gasteiger partial charge in [0.05, 0.1) is 18.2 Å². The number of nitrogens with zero attached hydrogens (tertiary/aromatic N) is 3. The Morgan fingerprint density at radius 2 is 1.86 bits per heavy atom. The third-order valence-electron chi connectivity index (χ3n) is 3.08. The highest BCUT2D eigenvalue weighted by molar-refractivity contribution is 5.89. The van der Waals surface area contributed by atoms with Gasteiger partial charge in [-0.3, -0.25) is 0 Å². The molecule has 1 atom stereocenters. The molecule has 0 heterocycles. The fraction of sp³-hybridized carbons (Fsp3) is 0.438. The topological polar surface area (TPSA) is 75.1 Å². The van der Waals surface area contributed by atoms with E-state index in [2.05, 4.69) is 16.6 Å². The van der Waals surface area contributed by atoms with Crippen molar-refractivity contribution in [1.29, 1.82) is 0 Å². The average Bonchev–Trinajstić information content (AvgIpc) is 2.43. The summed E-state index contributed by atoms with van der Waals surface area (Å²) >= 11 is 0. The molecule has 0 aliphatic carbocycles. The summed E-state index contributed by atoms with van der Waals surface area (Å²) in [5.41, 5.74) is 10.6. The van der Waals surface area contributed by atoms with Crippen molar-refractivity contribution in [3.63, 3.8) is 0 Å². The molecule has 0 radical (unpaired) electrons. The van der Waals surface area contributed by atoms with E-state index in [1.165, 1.54) is 0 Å². The van der Waals surface area contributed by atoms with E-state index in [1.807, 2.05) is 20.8 Å². The standard InChI is InChI=1S/C16H21N3O2/c1-6-21-15(20)13-9-7-12(8-10-13)11(2)14(18-19-17)16(3,4)5/h7-10,14H,2,6H2,1,3-5H3. The molecule has 1 aromatic rings. The molecule has 1 aromatic carbocycles. The Hall–Kier alpha value is -2.26. The quantitative estimate of drug-likeness (QED) is 0.343. The van der Waals surface area contributed by atoms with Gasteiger partial charge >= 0.3 is 5.97 Å². The summed E-state index contributed by atoms with van der Waals surface area (Å²) in [6, 6.07) is 6.61. The second-order valence-corrected chi connectivity index (χ2v) is 5.80. The summed E-state index contributed by atoms with van der Waals surface area (Å²) in [6.45, 7) is 12.1. The molecular formula is C16H21N3O2.